The lowest BCUT2D eigenvalue weighted by molar-refractivity contribution is 0.101. The van der Waals surface area contributed by atoms with E-state index >= 15 is 0 Å². The number of benzene rings is 1. The minimum absolute atomic E-state index is 0.0444. The third-order valence-electron chi connectivity index (χ3n) is 4.04. The first-order valence-corrected chi connectivity index (χ1v) is 7.83. The Hall–Kier alpha value is -2.10. The van der Waals surface area contributed by atoms with E-state index in [9.17, 15) is 9.90 Å². The lowest BCUT2D eigenvalue weighted by atomic mass is 9.81. The van der Waals surface area contributed by atoms with E-state index in [-0.39, 0.29) is 17.5 Å². The summed E-state index contributed by atoms with van der Waals surface area (Å²) in [6, 6.07) is 5.41. The van der Waals surface area contributed by atoms with Crippen LogP contribution in [0.1, 0.15) is 62.0 Å². The number of carbonyl (C=O) groups excluding carboxylic acids is 1. The first-order chi connectivity index (χ1) is 10.6. The number of Topliss-reactive ketones (excluding diaryl/α,β-unsaturated/α-hetero) is 1. The second-order valence-electron chi connectivity index (χ2n) is 5.29. The zero-order valence-corrected chi connectivity index (χ0v) is 13.6. The lowest BCUT2D eigenvalue weighted by Crippen LogP contribution is -2.12. The molecule has 0 radical (unpaired) electrons. The van der Waals surface area contributed by atoms with Gasteiger partial charge in [0.05, 0.1) is 23.9 Å². The number of hydrogen-bond acceptors (Lipinski definition) is 4. The second-order valence-corrected chi connectivity index (χ2v) is 5.29. The molecule has 4 heteroatoms. The first kappa shape index (κ1) is 16.3. The SMILES string of the molecule is CC.COc1ccc2nc(C3CCC3)c(O)c(C(C)=O)c2c1. The van der Waals surface area contributed by atoms with Crippen molar-refractivity contribution in [2.75, 3.05) is 7.11 Å². The number of hydrogen-bond donors (Lipinski definition) is 1. The van der Waals surface area contributed by atoms with Gasteiger partial charge in [-0.15, -0.1) is 0 Å². The monoisotopic (exact) mass is 301 g/mol. The number of rotatable bonds is 3. The molecule has 2 aromatic rings. The van der Waals surface area contributed by atoms with Crippen LogP contribution in [-0.4, -0.2) is 23.0 Å². The van der Waals surface area contributed by atoms with Gasteiger partial charge in [-0.05, 0) is 38.0 Å². The smallest absolute Gasteiger partial charge is 0.164 e. The lowest BCUT2D eigenvalue weighted by Gasteiger charge is -2.26. The summed E-state index contributed by atoms with van der Waals surface area (Å²) in [6.45, 7) is 5.47. The van der Waals surface area contributed by atoms with Gasteiger partial charge in [0.1, 0.15) is 11.5 Å². The minimum atomic E-state index is -0.149. The van der Waals surface area contributed by atoms with Crippen molar-refractivity contribution in [2.45, 2.75) is 46.0 Å². The van der Waals surface area contributed by atoms with Crippen molar-refractivity contribution in [3.05, 3.63) is 29.5 Å². The number of fused-ring (bicyclic) bond motifs is 1. The number of methoxy groups -OCH3 is 1. The Kier molecular flexibility index (Phi) is 5.01. The van der Waals surface area contributed by atoms with Crippen LogP contribution in [0.4, 0.5) is 0 Å². The van der Waals surface area contributed by atoms with Crippen LogP contribution in [0.15, 0.2) is 18.2 Å². The third-order valence-corrected chi connectivity index (χ3v) is 4.04. The van der Waals surface area contributed by atoms with Gasteiger partial charge in [0.2, 0.25) is 0 Å². The van der Waals surface area contributed by atoms with E-state index in [1.54, 1.807) is 13.2 Å². The Morgan fingerprint density at radius 2 is 2.00 bits per heavy atom. The highest BCUT2D eigenvalue weighted by Crippen LogP contribution is 2.42. The summed E-state index contributed by atoms with van der Waals surface area (Å²) >= 11 is 0. The Bertz CT molecular complexity index is 690. The van der Waals surface area contributed by atoms with Crippen LogP contribution in [0.3, 0.4) is 0 Å². The molecule has 1 aliphatic carbocycles. The maximum atomic E-state index is 11.9. The molecule has 1 aromatic heterocycles. The quantitative estimate of drug-likeness (QED) is 0.851. The first-order valence-electron chi connectivity index (χ1n) is 7.83. The van der Waals surface area contributed by atoms with Crippen molar-refractivity contribution < 1.29 is 14.6 Å². The topological polar surface area (TPSA) is 59.4 Å². The van der Waals surface area contributed by atoms with E-state index in [0.717, 1.165) is 24.8 Å². The van der Waals surface area contributed by atoms with Crippen molar-refractivity contribution >= 4 is 16.7 Å². The van der Waals surface area contributed by atoms with Gasteiger partial charge < -0.3 is 9.84 Å². The van der Waals surface area contributed by atoms with E-state index in [0.29, 0.717) is 22.4 Å². The molecule has 1 N–H and O–H groups in total. The molecule has 0 atom stereocenters. The fraction of sp³-hybridized carbons (Fsp3) is 0.444. The summed E-state index contributed by atoms with van der Waals surface area (Å²) in [5, 5.41) is 11.1. The standard InChI is InChI=1S/C16H17NO3.C2H6/c1-9(18)14-12-8-11(20-2)6-7-13(12)17-15(16(14)19)10-4-3-5-10;1-2/h6-8,10,19H,3-5H2,1-2H3;1-2H3. The van der Waals surface area contributed by atoms with Gasteiger partial charge in [0, 0.05) is 11.3 Å². The molecule has 0 spiro atoms. The van der Waals surface area contributed by atoms with Gasteiger partial charge in [-0.25, -0.2) is 4.98 Å². The van der Waals surface area contributed by atoms with E-state index < -0.39 is 0 Å². The molecule has 118 valence electrons. The molecular formula is C18H23NO3. The predicted octanol–water partition coefficient (Wildman–Crippen LogP) is 4.45. The van der Waals surface area contributed by atoms with Crippen molar-refractivity contribution in [3.63, 3.8) is 0 Å². The predicted molar refractivity (Wildman–Crippen MR) is 87.9 cm³/mol. The fourth-order valence-corrected chi connectivity index (χ4v) is 2.70. The molecule has 1 heterocycles. The molecule has 0 amide bonds. The highest BCUT2D eigenvalue weighted by molar-refractivity contribution is 6.09. The maximum absolute atomic E-state index is 11.9. The normalized spacial score (nSPS) is 14.0. The Morgan fingerprint density at radius 3 is 2.50 bits per heavy atom. The molecule has 22 heavy (non-hydrogen) atoms. The van der Waals surface area contributed by atoms with Gasteiger partial charge in [0.25, 0.3) is 0 Å². The van der Waals surface area contributed by atoms with Gasteiger partial charge >= 0.3 is 0 Å². The molecule has 4 nitrogen and oxygen atoms in total. The Morgan fingerprint density at radius 1 is 1.32 bits per heavy atom. The molecule has 1 aromatic carbocycles. The summed E-state index contributed by atoms with van der Waals surface area (Å²) in [7, 11) is 1.57. The van der Waals surface area contributed by atoms with Crippen molar-refractivity contribution in [1.82, 2.24) is 4.98 Å². The number of pyridine rings is 1. The van der Waals surface area contributed by atoms with E-state index in [1.165, 1.54) is 6.92 Å². The van der Waals surface area contributed by atoms with Crippen LogP contribution in [0, 0.1) is 0 Å². The highest BCUT2D eigenvalue weighted by Gasteiger charge is 2.27. The average molecular weight is 301 g/mol. The molecule has 1 fully saturated rings. The van der Waals surface area contributed by atoms with Crippen LogP contribution in [0.5, 0.6) is 11.5 Å². The van der Waals surface area contributed by atoms with Crippen molar-refractivity contribution in [1.29, 1.82) is 0 Å². The molecule has 0 unspecified atom stereocenters. The van der Waals surface area contributed by atoms with Crippen molar-refractivity contribution in [3.8, 4) is 11.5 Å². The van der Waals surface area contributed by atoms with Crippen LogP contribution in [0.25, 0.3) is 10.9 Å². The third kappa shape index (κ3) is 2.78. The van der Waals surface area contributed by atoms with Gasteiger partial charge in [-0.2, -0.15) is 0 Å². The molecular weight excluding hydrogens is 278 g/mol. The molecule has 1 aliphatic rings. The van der Waals surface area contributed by atoms with Gasteiger partial charge in [0.15, 0.2) is 5.78 Å². The Balaban J connectivity index is 0.000000847. The number of nitrogens with zero attached hydrogens (tertiary/aromatic N) is 1. The molecule has 3 rings (SSSR count). The maximum Gasteiger partial charge on any atom is 0.164 e. The van der Waals surface area contributed by atoms with Crippen molar-refractivity contribution in [2.24, 2.45) is 0 Å². The summed E-state index contributed by atoms with van der Waals surface area (Å²) < 4.78 is 5.19. The number of ketones is 1. The largest absolute Gasteiger partial charge is 0.505 e. The van der Waals surface area contributed by atoms with Crippen LogP contribution in [-0.2, 0) is 0 Å². The van der Waals surface area contributed by atoms with Crippen LogP contribution >= 0.6 is 0 Å². The summed E-state index contributed by atoms with van der Waals surface area (Å²) in [5.41, 5.74) is 1.76. The molecule has 0 bridgehead atoms. The van der Waals surface area contributed by atoms with E-state index in [4.69, 9.17) is 4.74 Å². The zero-order valence-electron chi connectivity index (χ0n) is 13.6. The second kappa shape index (κ2) is 6.77. The number of ether oxygens (including phenoxy) is 1. The summed E-state index contributed by atoms with van der Waals surface area (Å²) in [4.78, 5) is 16.5. The highest BCUT2D eigenvalue weighted by atomic mass is 16.5. The van der Waals surface area contributed by atoms with Gasteiger partial charge in [-0.3, -0.25) is 4.79 Å². The number of aromatic hydroxyl groups is 1. The zero-order chi connectivity index (χ0) is 16.3. The molecule has 0 saturated heterocycles. The molecule has 0 aliphatic heterocycles. The number of aromatic nitrogens is 1. The van der Waals surface area contributed by atoms with E-state index in [2.05, 4.69) is 4.98 Å². The van der Waals surface area contributed by atoms with Crippen LogP contribution in [0.2, 0.25) is 0 Å². The summed E-state index contributed by atoms with van der Waals surface area (Å²) in [6.07, 6.45) is 3.21. The number of carbonyl (C=O) groups is 1. The van der Waals surface area contributed by atoms with Crippen LogP contribution < -0.4 is 4.74 Å². The fourth-order valence-electron chi connectivity index (χ4n) is 2.70. The van der Waals surface area contributed by atoms with Gasteiger partial charge in [-0.1, -0.05) is 20.3 Å². The summed E-state index contributed by atoms with van der Waals surface area (Å²) in [5.74, 6) is 0.823. The minimum Gasteiger partial charge on any atom is -0.505 e. The Labute approximate surface area is 131 Å². The average Bonchev–Trinajstić information content (AvgIpc) is 2.47. The molecule has 1 saturated carbocycles. The van der Waals surface area contributed by atoms with E-state index in [1.807, 2.05) is 26.0 Å².